The van der Waals surface area contributed by atoms with Gasteiger partial charge in [-0.25, -0.2) is 13.6 Å². The van der Waals surface area contributed by atoms with Crippen molar-refractivity contribution in [2.75, 3.05) is 7.05 Å². The molecule has 1 heterocycles. The number of rotatable bonds is 5. The highest BCUT2D eigenvalue weighted by molar-refractivity contribution is 7.89. The van der Waals surface area contributed by atoms with Crippen molar-refractivity contribution < 1.29 is 13.2 Å². The molecule has 0 fully saturated rings. The number of nitrogens with two attached hydrogens (primary N) is 1. The van der Waals surface area contributed by atoms with E-state index in [1.54, 1.807) is 24.3 Å². The highest BCUT2D eigenvalue weighted by Gasteiger charge is 2.21. The Kier molecular flexibility index (Phi) is 5.12. The predicted octanol–water partition coefficient (Wildman–Crippen LogP) is 1.95. The minimum atomic E-state index is -3.76. The third-order valence-electron chi connectivity index (χ3n) is 3.67. The van der Waals surface area contributed by atoms with Gasteiger partial charge in [0.1, 0.15) is 0 Å². The molecule has 1 unspecified atom stereocenters. The van der Waals surface area contributed by atoms with E-state index in [0.29, 0.717) is 5.56 Å². The number of sulfonamides is 1. The molecular weight excluding hydrogens is 314 g/mol. The first-order valence-corrected chi connectivity index (χ1v) is 8.69. The molecule has 2 rings (SSSR count). The molecule has 1 aromatic carbocycles. The molecule has 0 spiro atoms. The smallest absolute Gasteiger partial charge is 0.254 e. The number of aromatic nitrogens is 1. The first-order valence-electron chi connectivity index (χ1n) is 7.14. The number of amides is 1. The quantitative estimate of drug-likeness (QED) is 0.905. The fraction of sp³-hybridized carbons (Fsp3) is 0.250. The molecule has 1 amide bonds. The molecule has 122 valence electrons. The second kappa shape index (κ2) is 6.89. The molecule has 0 radical (unpaired) electrons. The molecule has 23 heavy (non-hydrogen) atoms. The highest BCUT2D eigenvalue weighted by atomic mass is 32.2. The maximum Gasteiger partial charge on any atom is 0.254 e. The van der Waals surface area contributed by atoms with Crippen LogP contribution in [0.4, 0.5) is 0 Å². The van der Waals surface area contributed by atoms with Crippen molar-refractivity contribution in [1.29, 1.82) is 0 Å². The Hall–Kier alpha value is -2.25. The van der Waals surface area contributed by atoms with Crippen LogP contribution in [0.2, 0.25) is 0 Å². The SMILES string of the molecule is CCC(c1cccnc1)N(C)C(=O)c1ccc(S(N)(=O)=O)cc1. The van der Waals surface area contributed by atoms with Gasteiger partial charge in [-0.2, -0.15) is 0 Å². The van der Waals surface area contributed by atoms with Gasteiger partial charge in [-0.15, -0.1) is 0 Å². The number of nitrogens with zero attached hydrogens (tertiary/aromatic N) is 2. The molecule has 1 atom stereocenters. The topological polar surface area (TPSA) is 93.4 Å². The molecule has 1 aromatic heterocycles. The molecule has 0 saturated carbocycles. The van der Waals surface area contributed by atoms with Gasteiger partial charge in [-0.05, 0) is 42.3 Å². The van der Waals surface area contributed by atoms with E-state index in [9.17, 15) is 13.2 Å². The van der Waals surface area contributed by atoms with Crippen molar-refractivity contribution in [3.8, 4) is 0 Å². The van der Waals surface area contributed by atoms with Crippen LogP contribution >= 0.6 is 0 Å². The van der Waals surface area contributed by atoms with Crippen LogP contribution in [-0.2, 0) is 10.0 Å². The number of primary sulfonamides is 1. The lowest BCUT2D eigenvalue weighted by atomic mass is 10.0. The first kappa shape index (κ1) is 17.1. The lowest BCUT2D eigenvalue weighted by Gasteiger charge is -2.27. The third kappa shape index (κ3) is 3.94. The van der Waals surface area contributed by atoms with Crippen LogP contribution in [0, 0.1) is 0 Å². The number of carbonyl (C=O) groups is 1. The Labute approximate surface area is 136 Å². The van der Waals surface area contributed by atoms with Gasteiger partial charge in [-0.1, -0.05) is 13.0 Å². The summed E-state index contributed by atoms with van der Waals surface area (Å²) in [5.41, 5.74) is 1.36. The minimum Gasteiger partial charge on any atom is -0.335 e. The van der Waals surface area contributed by atoms with E-state index in [4.69, 9.17) is 5.14 Å². The van der Waals surface area contributed by atoms with Gasteiger partial charge >= 0.3 is 0 Å². The lowest BCUT2D eigenvalue weighted by molar-refractivity contribution is 0.0726. The highest BCUT2D eigenvalue weighted by Crippen LogP contribution is 2.24. The predicted molar refractivity (Wildman–Crippen MR) is 87.2 cm³/mol. The van der Waals surface area contributed by atoms with Crippen LogP contribution in [0.25, 0.3) is 0 Å². The summed E-state index contributed by atoms with van der Waals surface area (Å²) in [6.07, 6.45) is 4.16. The summed E-state index contributed by atoms with van der Waals surface area (Å²) < 4.78 is 22.5. The molecule has 0 saturated heterocycles. The number of hydrogen-bond acceptors (Lipinski definition) is 4. The van der Waals surface area contributed by atoms with E-state index < -0.39 is 10.0 Å². The second-order valence-electron chi connectivity index (χ2n) is 5.20. The standard InChI is InChI=1S/C16H19N3O3S/c1-3-15(13-5-4-10-18-11-13)19(2)16(20)12-6-8-14(9-7-12)23(17,21)22/h4-11,15H,3H2,1-2H3,(H2,17,21,22). The number of hydrogen-bond donors (Lipinski definition) is 1. The van der Waals surface area contributed by atoms with Gasteiger partial charge in [-0.3, -0.25) is 9.78 Å². The van der Waals surface area contributed by atoms with Crippen molar-refractivity contribution in [3.63, 3.8) is 0 Å². The van der Waals surface area contributed by atoms with Crippen molar-refractivity contribution in [2.24, 2.45) is 5.14 Å². The Morgan fingerprint density at radius 1 is 1.26 bits per heavy atom. The summed E-state index contributed by atoms with van der Waals surface area (Å²) in [7, 11) is -2.04. The summed E-state index contributed by atoms with van der Waals surface area (Å²) in [6.45, 7) is 1.99. The monoisotopic (exact) mass is 333 g/mol. The van der Waals surface area contributed by atoms with E-state index in [-0.39, 0.29) is 16.8 Å². The Morgan fingerprint density at radius 2 is 1.91 bits per heavy atom. The Bertz CT molecular complexity index is 774. The molecule has 0 aliphatic carbocycles. The van der Waals surface area contributed by atoms with Gasteiger partial charge in [0.25, 0.3) is 5.91 Å². The minimum absolute atomic E-state index is 0.0176. The molecule has 6 nitrogen and oxygen atoms in total. The molecule has 7 heteroatoms. The number of carbonyl (C=O) groups excluding carboxylic acids is 1. The fourth-order valence-electron chi connectivity index (χ4n) is 2.44. The number of benzene rings is 1. The zero-order valence-electron chi connectivity index (χ0n) is 13.0. The zero-order chi connectivity index (χ0) is 17.0. The fourth-order valence-corrected chi connectivity index (χ4v) is 2.95. The van der Waals surface area contributed by atoms with Gasteiger partial charge in [0.2, 0.25) is 10.0 Å². The summed E-state index contributed by atoms with van der Waals surface area (Å²) in [5.74, 6) is -0.193. The van der Waals surface area contributed by atoms with Gasteiger partial charge < -0.3 is 4.90 Å². The van der Waals surface area contributed by atoms with E-state index in [0.717, 1.165) is 12.0 Å². The van der Waals surface area contributed by atoms with Crippen LogP contribution in [0.5, 0.6) is 0 Å². The lowest BCUT2D eigenvalue weighted by Crippen LogP contribution is -2.31. The molecule has 2 aromatic rings. The largest absolute Gasteiger partial charge is 0.335 e. The van der Waals surface area contributed by atoms with Crippen LogP contribution in [0.3, 0.4) is 0 Å². The first-order chi connectivity index (χ1) is 10.8. The van der Waals surface area contributed by atoms with Crippen LogP contribution in [0.15, 0.2) is 53.7 Å². The van der Waals surface area contributed by atoms with Crippen molar-refractivity contribution in [3.05, 3.63) is 59.9 Å². The summed E-state index contributed by atoms with van der Waals surface area (Å²) in [6, 6.07) is 9.26. The summed E-state index contributed by atoms with van der Waals surface area (Å²) in [4.78, 5) is 18.3. The third-order valence-corrected chi connectivity index (χ3v) is 4.60. The molecule has 0 aliphatic heterocycles. The average Bonchev–Trinajstić information content (AvgIpc) is 2.55. The van der Waals surface area contributed by atoms with Gasteiger partial charge in [0.15, 0.2) is 0 Å². The maximum atomic E-state index is 12.6. The molecule has 0 bridgehead atoms. The second-order valence-corrected chi connectivity index (χ2v) is 6.76. The van der Waals surface area contributed by atoms with E-state index in [1.807, 2.05) is 19.1 Å². The van der Waals surface area contributed by atoms with Crippen molar-refractivity contribution in [1.82, 2.24) is 9.88 Å². The molecule has 2 N–H and O–H groups in total. The number of pyridine rings is 1. The van der Waals surface area contributed by atoms with Crippen LogP contribution < -0.4 is 5.14 Å². The van der Waals surface area contributed by atoms with Crippen molar-refractivity contribution >= 4 is 15.9 Å². The molecule has 0 aliphatic rings. The van der Waals surface area contributed by atoms with Gasteiger partial charge in [0.05, 0.1) is 10.9 Å². The van der Waals surface area contributed by atoms with Gasteiger partial charge in [0, 0.05) is 25.0 Å². The van der Waals surface area contributed by atoms with E-state index in [1.165, 1.54) is 24.3 Å². The van der Waals surface area contributed by atoms with Crippen LogP contribution in [0.1, 0.15) is 35.3 Å². The van der Waals surface area contributed by atoms with E-state index in [2.05, 4.69) is 4.98 Å². The summed E-state index contributed by atoms with van der Waals surface area (Å²) in [5, 5.41) is 5.06. The normalized spacial score (nSPS) is 12.7. The Morgan fingerprint density at radius 3 is 2.39 bits per heavy atom. The summed E-state index contributed by atoms with van der Waals surface area (Å²) >= 11 is 0. The molecular formula is C16H19N3O3S. The van der Waals surface area contributed by atoms with E-state index >= 15 is 0 Å². The maximum absolute atomic E-state index is 12.6. The van der Waals surface area contributed by atoms with Crippen molar-refractivity contribution in [2.45, 2.75) is 24.3 Å². The zero-order valence-corrected chi connectivity index (χ0v) is 13.8. The average molecular weight is 333 g/mol. The Balaban J connectivity index is 2.25. The van der Waals surface area contributed by atoms with Crippen LogP contribution in [-0.4, -0.2) is 31.3 Å².